The molecule has 0 saturated carbocycles. The van der Waals surface area contributed by atoms with Gasteiger partial charge in [0.05, 0.1) is 16.7 Å². The standard InChI is InChI=1S/C48H39N4O.Pt/c1-29-22-30(2)24-34(23-29)39-28-41(50-46-37(39)16-11-19-43(46)53)38-17-10-18-42-45(38)51-47(40-27-35(48(3,4)5)25-33-20-21-49-44(33)40)52(42)36-15-9-14-32(26-36)31-12-7-6-8-13-31;/h6-28H,1-5H3,(H-,49,50,51,53);/q-1;. The van der Waals surface area contributed by atoms with Crippen LogP contribution >= 0.6 is 0 Å². The molecule has 0 aliphatic carbocycles. The average molecular weight is 883 g/mol. The van der Waals surface area contributed by atoms with E-state index in [0.717, 1.165) is 77.9 Å². The van der Waals surface area contributed by atoms with Crippen LogP contribution in [0.1, 0.15) is 37.5 Å². The second-order valence-electron chi connectivity index (χ2n) is 15.1. The van der Waals surface area contributed by atoms with Crippen molar-refractivity contribution in [2.45, 2.75) is 40.0 Å². The predicted molar refractivity (Wildman–Crippen MR) is 219 cm³/mol. The van der Waals surface area contributed by atoms with E-state index in [4.69, 9.17) is 15.0 Å². The maximum absolute atomic E-state index is 11.2. The number of fused-ring (bicyclic) bond motifs is 3. The zero-order chi connectivity index (χ0) is 36.4. The van der Waals surface area contributed by atoms with Crippen LogP contribution in [0.5, 0.6) is 5.75 Å². The second-order valence-corrected chi connectivity index (χ2v) is 15.1. The fourth-order valence-electron chi connectivity index (χ4n) is 7.67. The molecule has 6 aromatic carbocycles. The Kier molecular flexibility index (Phi) is 8.87. The van der Waals surface area contributed by atoms with E-state index < -0.39 is 0 Å². The maximum Gasteiger partial charge on any atom is 0.144 e. The fraction of sp³-hybridized carbons (Fsp3) is 0.125. The van der Waals surface area contributed by atoms with E-state index in [1.807, 2.05) is 24.4 Å². The average Bonchev–Trinajstić information content (AvgIpc) is 3.79. The number of para-hydroxylation sites is 2. The van der Waals surface area contributed by atoms with Crippen LogP contribution in [0.15, 0.2) is 140 Å². The maximum atomic E-state index is 11.2. The van der Waals surface area contributed by atoms with Gasteiger partial charge in [-0.1, -0.05) is 129 Å². The normalized spacial score (nSPS) is 11.7. The number of rotatable bonds is 5. The van der Waals surface area contributed by atoms with Gasteiger partial charge in [-0.2, -0.15) is 6.20 Å². The van der Waals surface area contributed by atoms with Crippen LogP contribution < -0.4 is 4.98 Å². The third-order valence-electron chi connectivity index (χ3n) is 10.2. The molecule has 0 saturated heterocycles. The SMILES string of the molecule is Cc1cc(C)cc(-c2cc(-c3cccc4c3nc(-c3cc(C(C)(C)C)cc5cc[n-]c35)n4-c3cccc(-c4ccccc4)c3)nc3c(O)cccc23)c1.[Pt]. The number of phenols is 1. The Morgan fingerprint density at radius 1 is 0.611 bits per heavy atom. The van der Waals surface area contributed by atoms with Gasteiger partial charge in [0.15, 0.2) is 0 Å². The Labute approximate surface area is 329 Å². The minimum absolute atomic E-state index is 0. The first-order valence-electron chi connectivity index (χ1n) is 18.1. The van der Waals surface area contributed by atoms with E-state index in [1.165, 1.54) is 16.7 Å². The van der Waals surface area contributed by atoms with Gasteiger partial charge in [-0.3, -0.25) is 4.57 Å². The van der Waals surface area contributed by atoms with Gasteiger partial charge in [-0.15, -0.1) is 5.52 Å². The van der Waals surface area contributed by atoms with E-state index in [2.05, 4.69) is 148 Å². The molecule has 3 aromatic heterocycles. The summed E-state index contributed by atoms with van der Waals surface area (Å²) in [5, 5.41) is 13.2. The molecule has 0 fully saturated rings. The number of phenolic OH excluding ortho intramolecular Hbond substituents is 1. The third-order valence-corrected chi connectivity index (χ3v) is 10.2. The van der Waals surface area contributed by atoms with Crippen molar-refractivity contribution in [2.75, 3.05) is 0 Å². The van der Waals surface area contributed by atoms with Crippen LogP contribution in [-0.4, -0.2) is 19.6 Å². The number of hydrogen-bond acceptors (Lipinski definition) is 3. The number of aryl methyl sites for hydroxylation is 2. The summed E-state index contributed by atoms with van der Waals surface area (Å²) in [6.45, 7) is 11.0. The van der Waals surface area contributed by atoms with Gasteiger partial charge in [0.25, 0.3) is 0 Å². The van der Waals surface area contributed by atoms with Crippen LogP contribution in [0, 0.1) is 13.8 Å². The van der Waals surface area contributed by atoms with Crippen molar-refractivity contribution in [2.24, 2.45) is 0 Å². The van der Waals surface area contributed by atoms with E-state index >= 15 is 0 Å². The van der Waals surface area contributed by atoms with Crippen molar-refractivity contribution in [1.82, 2.24) is 19.5 Å². The molecule has 6 heteroatoms. The molecule has 54 heavy (non-hydrogen) atoms. The number of hydrogen-bond donors (Lipinski definition) is 1. The van der Waals surface area contributed by atoms with Crippen molar-refractivity contribution in [3.8, 4) is 56.3 Å². The Morgan fingerprint density at radius 2 is 1.35 bits per heavy atom. The summed E-state index contributed by atoms with van der Waals surface area (Å²) in [7, 11) is 0. The summed E-state index contributed by atoms with van der Waals surface area (Å²) in [4.78, 5) is 15.6. The van der Waals surface area contributed by atoms with E-state index in [0.29, 0.717) is 5.52 Å². The van der Waals surface area contributed by atoms with Crippen molar-refractivity contribution in [3.05, 3.63) is 156 Å². The Bertz CT molecular complexity index is 2840. The molecular weight excluding hydrogens is 844 g/mol. The van der Waals surface area contributed by atoms with Crippen molar-refractivity contribution in [3.63, 3.8) is 0 Å². The molecule has 0 amide bonds. The summed E-state index contributed by atoms with van der Waals surface area (Å²) in [5.41, 5.74) is 14.7. The monoisotopic (exact) mass is 882 g/mol. The van der Waals surface area contributed by atoms with Crippen LogP contribution in [0.2, 0.25) is 0 Å². The Balaban J connectivity index is 0.00000413. The fourth-order valence-corrected chi connectivity index (χ4v) is 7.67. The molecule has 0 aliphatic rings. The van der Waals surface area contributed by atoms with Crippen molar-refractivity contribution < 1.29 is 26.2 Å². The van der Waals surface area contributed by atoms with Gasteiger partial charge in [-0.25, -0.2) is 9.97 Å². The van der Waals surface area contributed by atoms with Crippen LogP contribution in [0.25, 0.3) is 83.4 Å². The predicted octanol–water partition coefficient (Wildman–Crippen LogP) is 12.0. The number of benzene rings is 6. The van der Waals surface area contributed by atoms with Crippen molar-refractivity contribution in [1.29, 1.82) is 0 Å². The number of pyridine rings is 1. The molecule has 0 bridgehead atoms. The summed E-state index contributed by atoms with van der Waals surface area (Å²) in [5.74, 6) is 0.959. The van der Waals surface area contributed by atoms with E-state index in [-0.39, 0.29) is 32.2 Å². The zero-order valence-electron chi connectivity index (χ0n) is 30.8. The van der Waals surface area contributed by atoms with Crippen LogP contribution in [0.3, 0.4) is 0 Å². The topological polar surface area (TPSA) is 65.0 Å². The summed E-state index contributed by atoms with van der Waals surface area (Å²) < 4.78 is 2.27. The summed E-state index contributed by atoms with van der Waals surface area (Å²) in [6.07, 6.45) is 1.88. The molecule has 9 aromatic rings. The Morgan fingerprint density at radius 3 is 2.13 bits per heavy atom. The van der Waals surface area contributed by atoms with Gasteiger partial charge in [0, 0.05) is 43.3 Å². The molecule has 0 atom stereocenters. The molecule has 268 valence electrons. The molecule has 0 spiro atoms. The molecule has 1 N–H and O–H groups in total. The van der Waals surface area contributed by atoms with Gasteiger partial charge in [0.1, 0.15) is 17.1 Å². The summed E-state index contributed by atoms with van der Waals surface area (Å²) in [6, 6.07) is 46.4. The van der Waals surface area contributed by atoms with Crippen LogP contribution in [-0.2, 0) is 26.5 Å². The largest absolute Gasteiger partial charge is 0.663 e. The third kappa shape index (κ3) is 6.13. The molecule has 3 heterocycles. The molecule has 0 aliphatic heterocycles. The van der Waals surface area contributed by atoms with Crippen LogP contribution in [0.4, 0.5) is 0 Å². The first kappa shape index (κ1) is 35.3. The van der Waals surface area contributed by atoms with E-state index in [9.17, 15) is 5.11 Å². The van der Waals surface area contributed by atoms with Gasteiger partial charge < -0.3 is 10.1 Å². The van der Waals surface area contributed by atoms with Crippen molar-refractivity contribution >= 4 is 32.8 Å². The zero-order valence-corrected chi connectivity index (χ0v) is 33.1. The first-order valence-corrected chi connectivity index (χ1v) is 18.1. The number of imidazole rings is 1. The van der Waals surface area contributed by atoms with Gasteiger partial charge in [-0.05, 0) is 88.9 Å². The first-order chi connectivity index (χ1) is 25.6. The minimum atomic E-state index is -0.0863. The molecule has 9 rings (SSSR count). The molecule has 5 nitrogen and oxygen atoms in total. The smallest absolute Gasteiger partial charge is 0.144 e. The molecule has 0 radical (unpaired) electrons. The Hall–Kier alpha value is -5.77. The number of aromatic hydroxyl groups is 1. The van der Waals surface area contributed by atoms with Gasteiger partial charge >= 0.3 is 0 Å². The summed E-state index contributed by atoms with van der Waals surface area (Å²) >= 11 is 0. The molecule has 0 unspecified atom stereocenters. The van der Waals surface area contributed by atoms with Gasteiger partial charge in [0.2, 0.25) is 0 Å². The van der Waals surface area contributed by atoms with E-state index in [1.54, 1.807) is 6.07 Å². The quantitative estimate of drug-likeness (QED) is 0.187. The second kappa shape index (κ2) is 13.6. The minimum Gasteiger partial charge on any atom is -0.663 e. The number of nitrogens with zero attached hydrogens (tertiary/aromatic N) is 4. The molecular formula is C48H39N4OPt-. The number of aromatic nitrogens is 4.